The fourth-order valence-electron chi connectivity index (χ4n) is 4.64. The molecule has 0 aromatic heterocycles. The van der Waals surface area contributed by atoms with Crippen LogP contribution < -0.4 is 15.0 Å². The molecule has 1 N–H and O–H groups in total. The number of hydrogen-bond donors (Lipinski definition) is 1. The molecule has 1 amide bonds. The zero-order valence-corrected chi connectivity index (χ0v) is 22.6. The van der Waals surface area contributed by atoms with Crippen LogP contribution in [0, 0.1) is 0 Å². The van der Waals surface area contributed by atoms with Crippen LogP contribution in [0.1, 0.15) is 37.7 Å². The third kappa shape index (κ3) is 5.41. The molecule has 38 heavy (non-hydrogen) atoms. The maximum atomic E-state index is 13.9. The Labute approximate surface area is 225 Å². The predicted octanol–water partition coefficient (Wildman–Crippen LogP) is 3.75. The standard InChI is InChI=1S/C26H30N2O8S2/c1-37-24(18-5-10-21-22(16-18)35-17-34-21)27-19-6-8-20(9-7-19)38(30,31)26(11-14-32-15-12-26)25(29)28-36-23-4-2-3-13-33-23/h5-10,16,23H,2-4,11-15,17H2,1H3,(H,28,29). The molecule has 2 aromatic rings. The number of nitrogens with zero attached hydrogens (tertiary/aromatic N) is 1. The molecule has 3 aliphatic rings. The number of hydrogen-bond acceptors (Lipinski definition) is 10. The molecule has 204 valence electrons. The lowest BCUT2D eigenvalue weighted by Crippen LogP contribution is -2.56. The fraction of sp³-hybridized carbons (Fsp3) is 0.462. The zero-order chi connectivity index (χ0) is 26.6. The molecule has 0 aliphatic carbocycles. The van der Waals surface area contributed by atoms with Gasteiger partial charge in [0.15, 0.2) is 32.4 Å². The van der Waals surface area contributed by atoms with Gasteiger partial charge in [0.25, 0.3) is 5.91 Å². The second-order valence-corrected chi connectivity index (χ2v) is 12.2. The van der Waals surface area contributed by atoms with Gasteiger partial charge in [0, 0.05) is 31.8 Å². The average molecular weight is 563 g/mol. The fourth-order valence-corrected chi connectivity index (χ4v) is 7.13. The number of amides is 1. The monoisotopic (exact) mass is 562 g/mol. The molecule has 5 rings (SSSR count). The summed E-state index contributed by atoms with van der Waals surface area (Å²) in [6.45, 7) is 1.04. The number of aliphatic imine (C=N–C) groups is 1. The lowest BCUT2D eigenvalue weighted by Gasteiger charge is -2.35. The van der Waals surface area contributed by atoms with Crippen LogP contribution in [0.15, 0.2) is 52.4 Å². The summed E-state index contributed by atoms with van der Waals surface area (Å²) in [6, 6.07) is 11.8. The number of rotatable bonds is 7. The van der Waals surface area contributed by atoms with Gasteiger partial charge >= 0.3 is 0 Å². The summed E-state index contributed by atoms with van der Waals surface area (Å²) in [7, 11) is -4.08. The molecular formula is C26H30N2O8S2. The lowest BCUT2D eigenvalue weighted by molar-refractivity contribution is -0.202. The van der Waals surface area contributed by atoms with E-state index in [2.05, 4.69) is 5.48 Å². The first kappa shape index (κ1) is 26.9. The third-order valence-electron chi connectivity index (χ3n) is 6.84. The van der Waals surface area contributed by atoms with Gasteiger partial charge in [-0.3, -0.25) is 4.79 Å². The lowest BCUT2D eigenvalue weighted by atomic mass is 9.98. The molecular weight excluding hydrogens is 532 g/mol. The third-order valence-corrected chi connectivity index (χ3v) is 10.1. The highest BCUT2D eigenvalue weighted by Gasteiger charge is 2.52. The van der Waals surface area contributed by atoms with Crippen LogP contribution in [0.5, 0.6) is 11.5 Å². The Morgan fingerprint density at radius 2 is 1.82 bits per heavy atom. The minimum Gasteiger partial charge on any atom is -0.454 e. The normalized spacial score (nSPS) is 21.2. The second-order valence-electron chi connectivity index (χ2n) is 9.14. The van der Waals surface area contributed by atoms with Gasteiger partial charge in [-0.1, -0.05) is 0 Å². The Kier molecular flexibility index (Phi) is 8.24. The van der Waals surface area contributed by atoms with Crippen LogP contribution in [-0.4, -0.2) is 63.3 Å². The number of hydroxylamine groups is 1. The maximum Gasteiger partial charge on any atom is 0.265 e. The first-order valence-electron chi connectivity index (χ1n) is 12.5. The van der Waals surface area contributed by atoms with Crippen LogP contribution in [0.25, 0.3) is 0 Å². The maximum absolute atomic E-state index is 13.9. The van der Waals surface area contributed by atoms with Crippen molar-refractivity contribution in [3.63, 3.8) is 0 Å². The van der Waals surface area contributed by atoms with Gasteiger partial charge in [0.1, 0.15) is 5.04 Å². The van der Waals surface area contributed by atoms with E-state index < -0.39 is 26.8 Å². The Bertz CT molecular complexity index is 1280. The minimum atomic E-state index is -4.08. The van der Waals surface area contributed by atoms with Crippen LogP contribution in [0.4, 0.5) is 5.69 Å². The molecule has 0 saturated carbocycles. The van der Waals surface area contributed by atoms with Crippen LogP contribution in [-0.2, 0) is 28.9 Å². The zero-order valence-electron chi connectivity index (χ0n) is 21.0. The topological polar surface area (TPSA) is 122 Å². The molecule has 10 nitrogen and oxygen atoms in total. The smallest absolute Gasteiger partial charge is 0.265 e. The first-order valence-corrected chi connectivity index (χ1v) is 15.2. The Hall–Kier alpha value is -2.64. The first-order chi connectivity index (χ1) is 18.4. The van der Waals surface area contributed by atoms with E-state index in [9.17, 15) is 13.2 Å². The molecule has 1 unspecified atom stereocenters. The van der Waals surface area contributed by atoms with E-state index in [1.165, 1.54) is 23.9 Å². The number of fused-ring (bicyclic) bond motifs is 1. The van der Waals surface area contributed by atoms with Crippen molar-refractivity contribution >= 4 is 38.2 Å². The highest BCUT2D eigenvalue weighted by atomic mass is 32.2. The molecule has 3 aliphatic heterocycles. The predicted molar refractivity (Wildman–Crippen MR) is 142 cm³/mol. The number of carbonyl (C=O) groups is 1. The van der Waals surface area contributed by atoms with Gasteiger partial charge in [-0.2, -0.15) is 0 Å². The molecule has 0 radical (unpaired) electrons. The van der Waals surface area contributed by atoms with E-state index in [-0.39, 0.29) is 37.7 Å². The van der Waals surface area contributed by atoms with Crippen molar-refractivity contribution in [2.45, 2.75) is 48.0 Å². The number of sulfone groups is 1. The van der Waals surface area contributed by atoms with Gasteiger partial charge in [-0.05, 0) is 74.4 Å². The SMILES string of the molecule is CSC(=Nc1ccc(S(=O)(=O)C2(C(=O)NOC3CCCCO3)CCOCC2)cc1)c1ccc2c(c1)OCO2. The van der Waals surface area contributed by atoms with E-state index >= 15 is 0 Å². The number of carbonyl (C=O) groups excluding carboxylic acids is 1. The largest absolute Gasteiger partial charge is 0.454 e. The second kappa shape index (κ2) is 11.6. The van der Waals surface area contributed by atoms with E-state index in [4.69, 9.17) is 28.8 Å². The molecule has 12 heteroatoms. The van der Waals surface area contributed by atoms with Crippen LogP contribution in [0.2, 0.25) is 0 Å². The summed E-state index contributed by atoms with van der Waals surface area (Å²) in [5.41, 5.74) is 3.81. The number of ether oxygens (including phenoxy) is 4. The number of nitrogens with one attached hydrogen (secondary N) is 1. The molecule has 0 bridgehead atoms. The van der Waals surface area contributed by atoms with Crippen LogP contribution >= 0.6 is 11.8 Å². The summed E-state index contributed by atoms with van der Waals surface area (Å²) >= 11 is 1.46. The van der Waals surface area contributed by atoms with Gasteiger partial charge in [0.05, 0.1) is 10.6 Å². The van der Waals surface area contributed by atoms with E-state index in [1.807, 2.05) is 24.5 Å². The van der Waals surface area contributed by atoms with Crippen molar-refractivity contribution in [2.75, 3.05) is 32.9 Å². The van der Waals surface area contributed by atoms with E-state index in [0.717, 1.165) is 23.4 Å². The van der Waals surface area contributed by atoms with Gasteiger partial charge < -0.3 is 18.9 Å². The van der Waals surface area contributed by atoms with Crippen molar-refractivity contribution in [3.8, 4) is 11.5 Å². The molecule has 3 heterocycles. The molecule has 2 aromatic carbocycles. The van der Waals surface area contributed by atoms with Crippen molar-refractivity contribution in [3.05, 3.63) is 48.0 Å². The van der Waals surface area contributed by atoms with Crippen molar-refractivity contribution in [2.24, 2.45) is 4.99 Å². The minimum absolute atomic E-state index is 0.0245. The van der Waals surface area contributed by atoms with Crippen molar-refractivity contribution < 1.29 is 37.0 Å². The summed E-state index contributed by atoms with van der Waals surface area (Å²) in [5, 5.41) is 0.737. The van der Waals surface area contributed by atoms with Gasteiger partial charge in [-0.15, -0.1) is 11.8 Å². The molecule has 1 atom stereocenters. The van der Waals surface area contributed by atoms with Crippen LogP contribution in [0.3, 0.4) is 0 Å². The number of benzene rings is 2. The number of thioether (sulfide) groups is 1. The van der Waals surface area contributed by atoms with E-state index in [1.54, 1.807) is 12.1 Å². The molecule has 0 spiro atoms. The summed E-state index contributed by atoms with van der Waals surface area (Å²) in [4.78, 5) is 23.5. The summed E-state index contributed by atoms with van der Waals surface area (Å²) < 4.78 is 47.7. The van der Waals surface area contributed by atoms with Gasteiger partial charge in [0.2, 0.25) is 6.79 Å². The Morgan fingerprint density at radius 1 is 1.05 bits per heavy atom. The highest BCUT2D eigenvalue weighted by Crippen LogP contribution is 2.37. The summed E-state index contributed by atoms with van der Waals surface area (Å²) in [6.07, 6.45) is 3.86. The average Bonchev–Trinajstić information content (AvgIpc) is 3.44. The van der Waals surface area contributed by atoms with Crippen molar-refractivity contribution in [1.82, 2.24) is 5.48 Å². The molecule has 2 saturated heterocycles. The Morgan fingerprint density at radius 3 is 2.53 bits per heavy atom. The van der Waals surface area contributed by atoms with E-state index in [0.29, 0.717) is 30.2 Å². The Balaban J connectivity index is 1.36. The van der Waals surface area contributed by atoms with Crippen molar-refractivity contribution in [1.29, 1.82) is 0 Å². The van der Waals surface area contributed by atoms with Gasteiger partial charge in [-0.25, -0.2) is 23.7 Å². The summed E-state index contributed by atoms with van der Waals surface area (Å²) in [5.74, 6) is 0.640. The molecule has 2 fully saturated rings. The highest BCUT2D eigenvalue weighted by molar-refractivity contribution is 8.13. The quantitative estimate of drug-likeness (QED) is 0.305.